The highest BCUT2D eigenvalue weighted by Crippen LogP contribution is 2.11. The lowest BCUT2D eigenvalue weighted by Crippen LogP contribution is -2.43. The molecule has 4 N–H and O–H groups in total. The minimum absolute atomic E-state index is 0.0814. The number of aromatic hydroxyl groups is 1. The van der Waals surface area contributed by atoms with E-state index < -0.39 is 6.04 Å². The van der Waals surface area contributed by atoms with Gasteiger partial charge in [-0.15, -0.1) is 0 Å². The van der Waals surface area contributed by atoms with E-state index in [1.54, 1.807) is 36.2 Å². The van der Waals surface area contributed by atoms with Crippen LogP contribution in [0.2, 0.25) is 0 Å². The third kappa shape index (κ3) is 5.59. The number of amides is 1. The van der Waals surface area contributed by atoms with Crippen molar-refractivity contribution < 1.29 is 15.0 Å². The molecule has 1 aromatic rings. The number of aliphatic hydroxyl groups excluding tert-OH is 1. The van der Waals surface area contributed by atoms with Crippen LogP contribution >= 0.6 is 0 Å². The van der Waals surface area contributed by atoms with Crippen molar-refractivity contribution in [2.75, 3.05) is 20.2 Å². The molecule has 1 unspecified atom stereocenters. The Kier molecular flexibility index (Phi) is 7.04. The first kappa shape index (κ1) is 16.5. The Hall–Kier alpha value is -1.59. The van der Waals surface area contributed by atoms with Crippen LogP contribution in [-0.4, -0.2) is 47.3 Å². The van der Waals surface area contributed by atoms with Gasteiger partial charge in [-0.2, -0.15) is 0 Å². The van der Waals surface area contributed by atoms with E-state index in [2.05, 4.69) is 0 Å². The van der Waals surface area contributed by atoms with Crippen molar-refractivity contribution in [2.45, 2.75) is 31.7 Å². The van der Waals surface area contributed by atoms with Crippen molar-refractivity contribution in [3.05, 3.63) is 29.8 Å². The zero-order valence-electron chi connectivity index (χ0n) is 12.0. The van der Waals surface area contributed by atoms with Crippen LogP contribution in [0, 0.1) is 0 Å². The van der Waals surface area contributed by atoms with Gasteiger partial charge < -0.3 is 20.8 Å². The number of phenolic OH excluding ortho intramolecular Hbond substituents is 1. The van der Waals surface area contributed by atoms with Gasteiger partial charge >= 0.3 is 0 Å². The van der Waals surface area contributed by atoms with E-state index in [-0.39, 0.29) is 18.3 Å². The number of nitrogens with zero attached hydrogens (tertiary/aromatic N) is 1. The first-order chi connectivity index (χ1) is 9.54. The maximum Gasteiger partial charge on any atom is 0.239 e. The van der Waals surface area contributed by atoms with Gasteiger partial charge in [-0.1, -0.05) is 12.1 Å². The summed E-state index contributed by atoms with van der Waals surface area (Å²) in [5.74, 6) is 0.122. The fourth-order valence-corrected chi connectivity index (χ4v) is 2.00. The third-order valence-electron chi connectivity index (χ3n) is 3.24. The van der Waals surface area contributed by atoms with Gasteiger partial charge in [0.05, 0.1) is 6.04 Å². The maximum atomic E-state index is 12.1. The van der Waals surface area contributed by atoms with Crippen molar-refractivity contribution in [3.63, 3.8) is 0 Å². The monoisotopic (exact) mass is 280 g/mol. The predicted molar refractivity (Wildman–Crippen MR) is 78.4 cm³/mol. The van der Waals surface area contributed by atoms with Gasteiger partial charge in [-0.05, 0) is 43.4 Å². The second-order valence-electron chi connectivity index (χ2n) is 5.02. The number of unbranched alkanes of at least 4 members (excludes halogenated alkanes) is 2. The summed E-state index contributed by atoms with van der Waals surface area (Å²) in [6.07, 6.45) is 3.00. The van der Waals surface area contributed by atoms with Crippen LogP contribution in [0.1, 0.15) is 24.8 Å². The Labute approximate surface area is 120 Å². The van der Waals surface area contributed by atoms with E-state index in [4.69, 9.17) is 10.8 Å². The SMILES string of the molecule is CN(CCCCCO)C(=O)C(N)Cc1ccc(O)cc1. The third-order valence-corrected chi connectivity index (χ3v) is 3.24. The van der Waals surface area contributed by atoms with Crippen LogP contribution in [0.4, 0.5) is 0 Å². The fourth-order valence-electron chi connectivity index (χ4n) is 2.00. The summed E-state index contributed by atoms with van der Waals surface area (Å²) >= 11 is 0. The van der Waals surface area contributed by atoms with E-state index >= 15 is 0 Å². The molecule has 1 atom stereocenters. The van der Waals surface area contributed by atoms with Gasteiger partial charge in [-0.3, -0.25) is 4.79 Å². The predicted octanol–water partition coefficient (Wildman–Crippen LogP) is 0.883. The molecule has 1 rings (SSSR count). The molecule has 0 bridgehead atoms. The summed E-state index contributed by atoms with van der Waals surface area (Å²) in [6, 6.07) is 6.14. The Bertz CT molecular complexity index is 406. The van der Waals surface area contributed by atoms with Gasteiger partial charge in [0.25, 0.3) is 0 Å². The van der Waals surface area contributed by atoms with E-state index in [0.717, 1.165) is 24.8 Å². The highest BCUT2D eigenvalue weighted by Gasteiger charge is 2.18. The quantitative estimate of drug-likeness (QED) is 0.617. The Morgan fingerprint density at radius 2 is 1.90 bits per heavy atom. The molecule has 0 aromatic heterocycles. The van der Waals surface area contributed by atoms with Crippen molar-refractivity contribution >= 4 is 5.91 Å². The lowest BCUT2D eigenvalue weighted by Gasteiger charge is -2.21. The number of hydrogen-bond acceptors (Lipinski definition) is 4. The topological polar surface area (TPSA) is 86.8 Å². The molecule has 0 saturated carbocycles. The molecule has 0 saturated heterocycles. The molecule has 0 aliphatic heterocycles. The fraction of sp³-hybridized carbons (Fsp3) is 0.533. The smallest absolute Gasteiger partial charge is 0.239 e. The lowest BCUT2D eigenvalue weighted by atomic mass is 10.1. The molecule has 20 heavy (non-hydrogen) atoms. The largest absolute Gasteiger partial charge is 0.508 e. The van der Waals surface area contributed by atoms with Crippen LogP contribution in [0.15, 0.2) is 24.3 Å². The Morgan fingerprint density at radius 3 is 2.50 bits per heavy atom. The number of nitrogens with two attached hydrogens (primary N) is 1. The standard InChI is InChI=1S/C15H24N2O3/c1-17(9-3-2-4-10-18)15(20)14(16)11-12-5-7-13(19)8-6-12/h5-8,14,18-19H,2-4,9-11,16H2,1H3. The molecule has 0 fully saturated rings. The molecular weight excluding hydrogens is 256 g/mol. The molecule has 0 spiro atoms. The summed E-state index contributed by atoms with van der Waals surface area (Å²) in [6.45, 7) is 0.847. The van der Waals surface area contributed by atoms with Gasteiger partial charge in [0, 0.05) is 20.2 Å². The van der Waals surface area contributed by atoms with E-state index in [1.807, 2.05) is 0 Å². The number of aliphatic hydroxyl groups is 1. The van der Waals surface area contributed by atoms with Crippen molar-refractivity contribution in [2.24, 2.45) is 5.73 Å². The lowest BCUT2D eigenvalue weighted by molar-refractivity contribution is -0.131. The Morgan fingerprint density at radius 1 is 1.25 bits per heavy atom. The highest BCUT2D eigenvalue weighted by atomic mass is 16.3. The minimum Gasteiger partial charge on any atom is -0.508 e. The first-order valence-electron chi connectivity index (χ1n) is 6.94. The number of carbonyl (C=O) groups is 1. The van der Waals surface area contributed by atoms with E-state index in [9.17, 15) is 9.90 Å². The van der Waals surface area contributed by atoms with Crippen LogP contribution in [0.3, 0.4) is 0 Å². The summed E-state index contributed by atoms with van der Waals surface area (Å²) in [7, 11) is 1.75. The minimum atomic E-state index is -0.567. The summed E-state index contributed by atoms with van der Waals surface area (Å²) in [5.41, 5.74) is 6.85. The van der Waals surface area contributed by atoms with Gasteiger partial charge in [0.15, 0.2) is 0 Å². The number of rotatable bonds is 8. The van der Waals surface area contributed by atoms with E-state index in [0.29, 0.717) is 13.0 Å². The number of hydrogen-bond donors (Lipinski definition) is 3. The van der Waals surface area contributed by atoms with Crippen LogP contribution < -0.4 is 5.73 Å². The average molecular weight is 280 g/mol. The zero-order chi connectivity index (χ0) is 15.0. The average Bonchev–Trinajstić information content (AvgIpc) is 2.45. The molecule has 1 aromatic carbocycles. The maximum absolute atomic E-state index is 12.1. The molecule has 5 heteroatoms. The Balaban J connectivity index is 2.39. The summed E-state index contributed by atoms with van der Waals surface area (Å²) in [4.78, 5) is 13.7. The normalized spacial score (nSPS) is 12.2. The van der Waals surface area contributed by atoms with Crippen LogP contribution in [0.25, 0.3) is 0 Å². The summed E-state index contributed by atoms with van der Waals surface area (Å²) in [5, 5.41) is 17.9. The summed E-state index contributed by atoms with van der Waals surface area (Å²) < 4.78 is 0. The molecule has 5 nitrogen and oxygen atoms in total. The highest BCUT2D eigenvalue weighted by molar-refractivity contribution is 5.81. The number of likely N-dealkylation sites (N-methyl/N-ethyl adjacent to an activating group) is 1. The number of carbonyl (C=O) groups excluding carboxylic acids is 1. The van der Waals surface area contributed by atoms with E-state index in [1.165, 1.54) is 0 Å². The zero-order valence-corrected chi connectivity index (χ0v) is 12.0. The number of phenols is 1. The van der Waals surface area contributed by atoms with Gasteiger partial charge in [0.1, 0.15) is 5.75 Å². The van der Waals surface area contributed by atoms with Crippen molar-refractivity contribution in [1.82, 2.24) is 4.90 Å². The van der Waals surface area contributed by atoms with Crippen LogP contribution in [-0.2, 0) is 11.2 Å². The second-order valence-corrected chi connectivity index (χ2v) is 5.02. The van der Waals surface area contributed by atoms with Crippen LogP contribution in [0.5, 0.6) is 5.75 Å². The molecule has 0 radical (unpaired) electrons. The molecule has 1 amide bonds. The number of benzene rings is 1. The molecule has 112 valence electrons. The second kappa shape index (κ2) is 8.55. The van der Waals surface area contributed by atoms with Crippen molar-refractivity contribution in [1.29, 1.82) is 0 Å². The molecule has 0 aliphatic rings. The first-order valence-corrected chi connectivity index (χ1v) is 6.94. The van der Waals surface area contributed by atoms with Gasteiger partial charge in [-0.25, -0.2) is 0 Å². The molecule has 0 heterocycles. The van der Waals surface area contributed by atoms with Gasteiger partial charge in [0.2, 0.25) is 5.91 Å². The molecule has 0 aliphatic carbocycles. The van der Waals surface area contributed by atoms with Crippen molar-refractivity contribution in [3.8, 4) is 5.75 Å². The molecular formula is C15H24N2O3.